The van der Waals surface area contributed by atoms with Gasteiger partial charge >= 0.3 is 6.18 Å². The summed E-state index contributed by atoms with van der Waals surface area (Å²) in [6, 6.07) is 5.56. The fourth-order valence-corrected chi connectivity index (χ4v) is 3.18. The van der Waals surface area contributed by atoms with Gasteiger partial charge in [0.15, 0.2) is 0 Å². The number of amides is 1. The van der Waals surface area contributed by atoms with Crippen molar-refractivity contribution in [2.24, 2.45) is 5.92 Å². The van der Waals surface area contributed by atoms with E-state index in [0.29, 0.717) is 35.2 Å². The van der Waals surface area contributed by atoms with Crippen LogP contribution in [0.15, 0.2) is 36.5 Å². The highest BCUT2D eigenvalue weighted by atomic mass is 19.4. The molecule has 0 spiro atoms. The molecule has 0 bridgehead atoms. The molecule has 1 amide bonds. The van der Waals surface area contributed by atoms with E-state index in [0.717, 1.165) is 0 Å². The number of alkyl halides is 3. The van der Waals surface area contributed by atoms with Gasteiger partial charge in [-0.05, 0) is 49.4 Å². The lowest BCUT2D eigenvalue weighted by Crippen LogP contribution is -2.47. The van der Waals surface area contributed by atoms with Crippen molar-refractivity contribution >= 4 is 11.4 Å². The molecule has 1 saturated carbocycles. The smallest absolute Gasteiger partial charge is 0.337 e. The maximum absolute atomic E-state index is 13.5. The van der Waals surface area contributed by atoms with Crippen LogP contribution in [-0.4, -0.2) is 32.7 Å². The molecular weight excluding hydrogens is 376 g/mol. The molecule has 1 aliphatic carbocycles. The van der Waals surface area contributed by atoms with E-state index in [1.54, 1.807) is 19.1 Å². The molecule has 1 aliphatic rings. The van der Waals surface area contributed by atoms with E-state index in [1.807, 2.05) is 0 Å². The highest BCUT2D eigenvalue weighted by Crippen LogP contribution is 2.40. The van der Waals surface area contributed by atoms with Crippen molar-refractivity contribution in [1.82, 2.24) is 19.9 Å². The molecule has 2 aromatic heterocycles. The van der Waals surface area contributed by atoms with Crippen LogP contribution in [0.4, 0.5) is 17.6 Å². The first-order valence-corrected chi connectivity index (χ1v) is 8.73. The van der Waals surface area contributed by atoms with Gasteiger partial charge in [-0.3, -0.25) is 4.79 Å². The third-order valence-corrected chi connectivity index (χ3v) is 4.76. The maximum atomic E-state index is 13.5. The predicted molar refractivity (Wildman–Crippen MR) is 93.2 cm³/mol. The van der Waals surface area contributed by atoms with E-state index in [9.17, 15) is 22.4 Å². The molecule has 0 aliphatic heterocycles. The Balaban J connectivity index is 1.72. The molecule has 3 aromatic rings. The van der Waals surface area contributed by atoms with Crippen LogP contribution in [0.3, 0.4) is 0 Å². The van der Waals surface area contributed by atoms with Gasteiger partial charge in [0.1, 0.15) is 11.9 Å². The van der Waals surface area contributed by atoms with E-state index >= 15 is 0 Å². The molecular formula is C19H16F4N4O. The lowest BCUT2D eigenvalue weighted by atomic mass is 10.1. The summed E-state index contributed by atoms with van der Waals surface area (Å²) < 4.78 is 54.4. The van der Waals surface area contributed by atoms with Gasteiger partial charge in [0, 0.05) is 5.56 Å². The minimum absolute atomic E-state index is 0.244. The minimum atomic E-state index is -4.53. The first-order chi connectivity index (χ1) is 13.2. The van der Waals surface area contributed by atoms with E-state index in [4.69, 9.17) is 0 Å². The molecule has 1 aromatic carbocycles. The van der Waals surface area contributed by atoms with Crippen molar-refractivity contribution < 1.29 is 22.4 Å². The van der Waals surface area contributed by atoms with Crippen LogP contribution in [0.5, 0.6) is 0 Å². The molecule has 146 valence electrons. The summed E-state index contributed by atoms with van der Waals surface area (Å²) in [5, 5.41) is 6.36. The Morgan fingerprint density at radius 1 is 1.29 bits per heavy atom. The fourth-order valence-electron chi connectivity index (χ4n) is 3.18. The molecule has 1 unspecified atom stereocenters. The zero-order valence-electron chi connectivity index (χ0n) is 14.8. The molecule has 9 heteroatoms. The maximum Gasteiger partial charge on any atom is 0.408 e. The number of carbonyl (C=O) groups is 1. The van der Waals surface area contributed by atoms with Gasteiger partial charge in [0.05, 0.1) is 17.4 Å². The molecule has 1 N–H and O–H groups in total. The van der Waals surface area contributed by atoms with Gasteiger partial charge in [-0.2, -0.15) is 18.3 Å². The summed E-state index contributed by atoms with van der Waals surface area (Å²) in [7, 11) is 0. The van der Waals surface area contributed by atoms with Gasteiger partial charge in [0.2, 0.25) is 5.82 Å². The number of nitrogens with one attached hydrogen (secondary N) is 1. The number of fused-ring (bicyclic) bond motifs is 1. The number of aryl methyl sites for hydroxylation is 1. The van der Waals surface area contributed by atoms with Crippen LogP contribution in [0.25, 0.3) is 16.8 Å². The Morgan fingerprint density at radius 2 is 2.04 bits per heavy atom. The third kappa shape index (κ3) is 3.44. The van der Waals surface area contributed by atoms with Gasteiger partial charge < -0.3 is 5.32 Å². The Morgan fingerprint density at radius 3 is 2.68 bits per heavy atom. The Hall–Kier alpha value is -2.97. The summed E-state index contributed by atoms with van der Waals surface area (Å²) in [6.45, 7) is 1.76. The largest absolute Gasteiger partial charge is 0.408 e. The number of hydrogen-bond acceptors (Lipinski definition) is 3. The summed E-state index contributed by atoms with van der Waals surface area (Å²) in [5.74, 6) is -2.24. The first-order valence-electron chi connectivity index (χ1n) is 8.73. The first kappa shape index (κ1) is 18.4. The average Bonchev–Trinajstić information content (AvgIpc) is 3.36. The van der Waals surface area contributed by atoms with Crippen molar-refractivity contribution in [2.75, 3.05) is 0 Å². The number of halogens is 4. The predicted octanol–water partition coefficient (Wildman–Crippen LogP) is 3.91. The number of aromatic nitrogens is 3. The van der Waals surface area contributed by atoms with Crippen molar-refractivity contribution in [3.8, 4) is 11.3 Å². The van der Waals surface area contributed by atoms with Crippen LogP contribution in [0.1, 0.15) is 29.0 Å². The van der Waals surface area contributed by atoms with E-state index < -0.39 is 29.9 Å². The van der Waals surface area contributed by atoms with Crippen LogP contribution in [-0.2, 0) is 0 Å². The molecule has 4 rings (SSSR count). The van der Waals surface area contributed by atoms with Gasteiger partial charge in [-0.25, -0.2) is 13.9 Å². The van der Waals surface area contributed by atoms with Crippen LogP contribution in [0.2, 0.25) is 0 Å². The van der Waals surface area contributed by atoms with Crippen LogP contribution >= 0.6 is 0 Å². The van der Waals surface area contributed by atoms with Gasteiger partial charge in [-0.1, -0.05) is 12.1 Å². The number of rotatable bonds is 4. The zero-order chi connectivity index (χ0) is 20.1. The van der Waals surface area contributed by atoms with E-state index in [1.165, 1.54) is 28.9 Å². The van der Waals surface area contributed by atoms with E-state index in [-0.39, 0.29) is 5.82 Å². The van der Waals surface area contributed by atoms with Gasteiger partial charge in [0.25, 0.3) is 5.91 Å². The Kier molecular flexibility index (Phi) is 4.32. The topological polar surface area (TPSA) is 59.3 Å². The second kappa shape index (κ2) is 6.57. The number of hydrogen-bond donors (Lipinski definition) is 1. The molecule has 0 saturated heterocycles. The van der Waals surface area contributed by atoms with E-state index in [2.05, 4.69) is 15.4 Å². The standard InChI is InChI=1S/C19H16F4N4O/c1-10-7-14(12-3-2-4-13(20)8-12)26-27-15(10)9-24-17(27)18(28)25-16(11-5-6-11)19(21,22)23/h2-4,7-9,11,16H,5-6H2,1H3,(H,25,28). The highest BCUT2D eigenvalue weighted by molar-refractivity contribution is 5.92. The molecule has 5 nitrogen and oxygen atoms in total. The molecule has 1 atom stereocenters. The number of nitrogens with zero attached hydrogens (tertiary/aromatic N) is 3. The van der Waals surface area contributed by atoms with Crippen molar-refractivity contribution in [3.05, 3.63) is 53.7 Å². The van der Waals surface area contributed by atoms with Crippen LogP contribution in [0, 0.1) is 18.7 Å². The van der Waals surface area contributed by atoms with Gasteiger partial charge in [-0.15, -0.1) is 0 Å². The molecule has 1 fully saturated rings. The third-order valence-electron chi connectivity index (χ3n) is 4.76. The second-order valence-corrected chi connectivity index (χ2v) is 6.93. The SMILES string of the molecule is Cc1cc(-c2cccc(F)c2)nn2c(C(=O)NC(C3CC3)C(F)(F)F)ncc12. The lowest BCUT2D eigenvalue weighted by Gasteiger charge is -2.20. The number of imidazole rings is 1. The Labute approximate surface area is 157 Å². The zero-order valence-corrected chi connectivity index (χ0v) is 14.8. The van der Waals surface area contributed by atoms with Crippen molar-refractivity contribution in [3.63, 3.8) is 0 Å². The molecule has 2 heterocycles. The molecule has 28 heavy (non-hydrogen) atoms. The molecule has 0 radical (unpaired) electrons. The number of benzene rings is 1. The van der Waals surface area contributed by atoms with Crippen molar-refractivity contribution in [2.45, 2.75) is 32.0 Å². The monoisotopic (exact) mass is 392 g/mol. The highest BCUT2D eigenvalue weighted by Gasteiger charge is 2.50. The summed E-state index contributed by atoms with van der Waals surface area (Å²) in [6.07, 6.45) is -2.30. The average molecular weight is 392 g/mol. The summed E-state index contributed by atoms with van der Waals surface area (Å²) in [4.78, 5) is 16.5. The normalized spacial score (nSPS) is 15.6. The Bertz CT molecular complexity index is 1060. The quantitative estimate of drug-likeness (QED) is 0.685. The summed E-state index contributed by atoms with van der Waals surface area (Å²) in [5.41, 5.74) is 2.05. The lowest BCUT2D eigenvalue weighted by molar-refractivity contribution is -0.158. The second-order valence-electron chi connectivity index (χ2n) is 6.93. The summed E-state index contributed by atoms with van der Waals surface area (Å²) >= 11 is 0. The minimum Gasteiger partial charge on any atom is -0.337 e. The van der Waals surface area contributed by atoms with Crippen LogP contribution < -0.4 is 5.32 Å². The number of carbonyl (C=O) groups excluding carboxylic acids is 1. The fraction of sp³-hybridized carbons (Fsp3) is 0.316. The van der Waals surface area contributed by atoms with Crippen molar-refractivity contribution in [1.29, 1.82) is 0 Å².